The van der Waals surface area contributed by atoms with E-state index < -0.39 is 8.07 Å². The molecule has 0 heterocycles. The number of carbonyl (C=O) groups is 3. The molecule has 9 heavy (non-hydrogen) atoms. The van der Waals surface area contributed by atoms with E-state index in [-0.39, 0.29) is 0 Å². The van der Waals surface area contributed by atoms with Crippen LogP contribution in [0, 0.1) is 0 Å². The Kier molecular flexibility index (Phi) is 2.73. The molecule has 0 aromatic carbocycles. The highest BCUT2D eigenvalue weighted by molar-refractivity contribution is 7.35. The monoisotopic (exact) mass is 142 g/mol. The summed E-state index contributed by atoms with van der Waals surface area (Å²) in [5.41, 5.74) is 1.14. The molecule has 4 heteroatoms. The quantitative estimate of drug-likeness (QED) is 0.392. The van der Waals surface area contributed by atoms with Crippen molar-refractivity contribution < 1.29 is 14.4 Å². The second-order valence-corrected chi connectivity index (χ2v) is 4.67. The van der Waals surface area contributed by atoms with E-state index in [9.17, 15) is 14.4 Å². The fraction of sp³-hybridized carbons (Fsp3) is 0. The molecule has 0 unspecified atom stereocenters. The summed E-state index contributed by atoms with van der Waals surface area (Å²) in [5, 5.41) is 0. The van der Waals surface area contributed by atoms with Gasteiger partial charge in [0.1, 0.15) is 17.7 Å². The van der Waals surface area contributed by atoms with E-state index in [1.54, 1.807) is 0 Å². The van der Waals surface area contributed by atoms with Gasteiger partial charge < -0.3 is 14.4 Å². The predicted octanol–water partition coefficient (Wildman–Crippen LogP) is -0.524. The molecule has 0 aromatic rings. The molecular formula is C5H6O3Si. The zero-order valence-electron chi connectivity index (χ0n) is 4.74. The van der Waals surface area contributed by atoms with Gasteiger partial charge in [0.2, 0.25) is 0 Å². The molecule has 0 rings (SSSR count). The van der Waals surface area contributed by atoms with Gasteiger partial charge in [-0.2, -0.15) is 0 Å². The lowest BCUT2D eigenvalue weighted by Crippen LogP contribution is -2.39. The summed E-state index contributed by atoms with van der Waals surface area (Å²) in [6, 6.07) is 0. The van der Waals surface area contributed by atoms with Crippen LogP contribution in [0.4, 0.5) is 0 Å². The minimum atomic E-state index is -2.97. The molecule has 0 aliphatic heterocycles. The van der Waals surface area contributed by atoms with Crippen molar-refractivity contribution >= 4 is 25.8 Å². The Labute approximate surface area is 53.4 Å². The predicted molar refractivity (Wildman–Crippen MR) is 36.2 cm³/mol. The Morgan fingerprint density at radius 1 is 1.00 bits per heavy atom. The van der Waals surface area contributed by atoms with Gasteiger partial charge in [0.15, 0.2) is 0 Å². The second-order valence-electron chi connectivity index (χ2n) is 1.56. The maximum Gasteiger partial charge on any atom is 0.288 e. The van der Waals surface area contributed by atoms with Crippen LogP contribution in [0.3, 0.4) is 0 Å². The van der Waals surface area contributed by atoms with Crippen molar-refractivity contribution in [1.29, 1.82) is 0 Å². The Balaban J connectivity index is 4.53. The third kappa shape index (κ3) is 1.43. The van der Waals surface area contributed by atoms with Gasteiger partial charge >= 0.3 is 0 Å². The summed E-state index contributed by atoms with van der Waals surface area (Å²) in [6.45, 7) is 3.21. The van der Waals surface area contributed by atoms with Crippen molar-refractivity contribution in [3.63, 3.8) is 0 Å². The number of carbonyl (C=O) groups excluding carboxylic acids is 3. The molecule has 0 fully saturated rings. The van der Waals surface area contributed by atoms with Crippen molar-refractivity contribution in [3.8, 4) is 0 Å². The minimum Gasteiger partial charge on any atom is -0.307 e. The summed E-state index contributed by atoms with van der Waals surface area (Å²) in [5.74, 6) is 1.17. The highest BCUT2D eigenvalue weighted by Crippen LogP contribution is 1.89. The molecule has 0 aliphatic carbocycles. The normalized spacial score (nSPS) is 9.78. The number of hydrogen-bond donors (Lipinski definition) is 0. The lowest BCUT2D eigenvalue weighted by Gasteiger charge is -1.98. The highest BCUT2D eigenvalue weighted by Gasteiger charge is 2.28. The van der Waals surface area contributed by atoms with Crippen LogP contribution >= 0.6 is 0 Å². The summed E-state index contributed by atoms with van der Waals surface area (Å²) in [7, 11) is -2.97. The van der Waals surface area contributed by atoms with E-state index in [1.807, 2.05) is 0 Å². The van der Waals surface area contributed by atoms with Gasteiger partial charge in [-0.05, 0) is 0 Å². The van der Waals surface area contributed by atoms with Crippen LogP contribution in [0.15, 0.2) is 12.3 Å². The van der Waals surface area contributed by atoms with Gasteiger partial charge in [0.05, 0.1) is 0 Å². The molecule has 0 aromatic heterocycles. The van der Waals surface area contributed by atoms with Crippen molar-refractivity contribution in [1.82, 2.24) is 0 Å². The van der Waals surface area contributed by atoms with E-state index >= 15 is 0 Å². The van der Waals surface area contributed by atoms with Crippen LogP contribution in [0.2, 0.25) is 0 Å². The molecule has 0 bridgehead atoms. The zero-order valence-corrected chi connectivity index (χ0v) is 5.74. The molecule has 0 N–H and O–H groups in total. The molecule has 0 atom stereocenters. The summed E-state index contributed by atoms with van der Waals surface area (Å²) < 4.78 is 0. The van der Waals surface area contributed by atoms with Crippen molar-refractivity contribution in [2.24, 2.45) is 0 Å². The topological polar surface area (TPSA) is 51.2 Å². The van der Waals surface area contributed by atoms with E-state index in [0.717, 1.165) is 5.70 Å². The maximum atomic E-state index is 10.0. The Bertz CT molecular complexity index is 115. The molecule has 48 valence electrons. The summed E-state index contributed by atoms with van der Waals surface area (Å²) >= 11 is 0. The Morgan fingerprint density at radius 2 is 1.33 bits per heavy atom. The maximum absolute atomic E-state index is 10.0. The third-order valence-corrected chi connectivity index (χ3v) is 2.90. The summed E-state index contributed by atoms with van der Waals surface area (Å²) in [4.78, 5) is 30.1. The SMILES string of the molecule is C=C[Si](C=O)(C=O)C=O. The standard InChI is InChI=1S/C5H6O3Si/c1-2-9(3-6,4-7)5-8/h2-5H,1H2. The van der Waals surface area contributed by atoms with E-state index in [4.69, 9.17) is 0 Å². The third-order valence-electron chi connectivity index (χ3n) is 0.966. The first-order valence-electron chi connectivity index (χ1n) is 2.27. The van der Waals surface area contributed by atoms with Crippen LogP contribution in [-0.4, -0.2) is 25.8 Å². The molecule has 0 spiro atoms. The molecule has 0 radical (unpaired) electrons. The summed E-state index contributed by atoms with van der Waals surface area (Å²) in [6.07, 6.45) is 0. The van der Waals surface area contributed by atoms with Crippen LogP contribution in [0.25, 0.3) is 0 Å². The number of hydrogen-bond acceptors (Lipinski definition) is 3. The van der Waals surface area contributed by atoms with Gasteiger partial charge in [0.25, 0.3) is 8.07 Å². The smallest absolute Gasteiger partial charge is 0.288 e. The van der Waals surface area contributed by atoms with Crippen LogP contribution in [0.1, 0.15) is 0 Å². The molecule has 0 aliphatic rings. The molecule has 0 saturated heterocycles. The van der Waals surface area contributed by atoms with Crippen LogP contribution < -0.4 is 0 Å². The highest BCUT2D eigenvalue weighted by atomic mass is 28.3. The fourth-order valence-electron chi connectivity index (χ4n) is 0.228. The lowest BCUT2D eigenvalue weighted by molar-refractivity contribution is 0.557. The second kappa shape index (κ2) is 3.08. The first-order valence-corrected chi connectivity index (χ1v) is 4.58. The first-order chi connectivity index (χ1) is 4.24. The van der Waals surface area contributed by atoms with E-state index in [0.29, 0.717) is 17.7 Å². The average molecular weight is 142 g/mol. The Hall–Kier alpha value is -1.03. The molecule has 3 nitrogen and oxygen atoms in total. The Morgan fingerprint density at radius 3 is 1.33 bits per heavy atom. The van der Waals surface area contributed by atoms with Crippen molar-refractivity contribution in [2.45, 2.75) is 0 Å². The van der Waals surface area contributed by atoms with Gasteiger partial charge in [-0.1, -0.05) is 5.70 Å². The van der Waals surface area contributed by atoms with E-state index in [1.165, 1.54) is 0 Å². The molecule has 0 amide bonds. The first kappa shape index (κ1) is 7.97. The van der Waals surface area contributed by atoms with Gasteiger partial charge in [-0.25, -0.2) is 0 Å². The largest absolute Gasteiger partial charge is 0.307 e. The molecule has 0 saturated carbocycles. The lowest BCUT2D eigenvalue weighted by atomic mass is 11.3. The number of rotatable bonds is 4. The average Bonchev–Trinajstić information content (AvgIpc) is 1.95. The molecular weight excluding hydrogens is 136 g/mol. The van der Waals surface area contributed by atoms with Crippen LogP contribution in [-0.2, 0) is 14.4 Å². The van der Waals surface area contributed by atoms with Crippen molar-refractivity contribution in [3.05, 3.63) is 12.3 Å². The van der Waals surface area contributed by atoms with Crippen molar-refractivity contribution in [2.75, 3.05) is 0 Å². The minimum absolute atomic E-state index is 0.389. The van der Waals surface area contributed by atoms with E-state index in [2.05, 4.69) is 6.58 Å². The van der Waals surface area contributed by atoms with Gasteiger partial charge in [0, 0.05) is 0 Å². The van der Waals surface area contributed by atoms with Crippen LogP contribution in [0.5, 0.6) is 0 Å². The fourth-order valence-corrected chi connectivity index (χ4v) is 0.683. The van der Waals surface area contributed by atoms with Gasteiger partial charge in [-0.15, -0.1) is 6.58 Å². The zero-order chi connectivity index (χ0) is 7.33. The van der Waals surface area contributed by atoms with Gasteiger partial charge in [-0.3, -0.25) is 0 Å².